The number of ether oxygens (including phenoxy) is 1. The van der Waals surface area contributed by atoms with E-state index in [9.17, 15) is 0 Å². The van der Waals surface area contributed by atoms with Gasteiger partial charge in [0.1, 0.15) is 0 Å². The van der Waals surface area contributed by atoms with Gasteiger partial charge < -0.3 is 4.74 Å². The summed E-state index contributed by atoms with van der Waals surface area (Å²) in [6, 6.07) is 0. The molecular weight excluding hydrogens is 184 g/mol. The molecule has 0 aromatic heterocycles. The van der Waals surface area contributed by atoms with Crippen molar-refractivity contribution in [1.82, 2.24) is 0 Å². The van der Waals surface area contributed by atoms with Gasteiger partial charge in [-0.3, -0.25) is 0 Å². The van der Waals surface area contributed by atoms with Gasteiger partial charge in [0.05, 0.1) is 12.4 Å². The van der Waals surface area contributed by atoms with Crippen molar-refractivity contribution >= 4 is 0 Å². The fourth-order valence-electron chi connectivity index (χ4n) is 1.52. The van der Waals surface area contributed by atoms with Crippen LogP contribution in [0.1, 0.15) is 52.9 Å². The highest BCUT2D eigenvalue weighted by atomic mass is 16.5. The summed E-state index contributed by atoms with van der Waals surface area (Å²) in [6.45, 7) is 15.0. The Morgan fingerprint density at radius 1 is 1.27 bits per heavy atom. The summed E-state index contributed by atoms with van der Waals surface area (Å²) in [7, 11) is 0. The maximum absolute atomic E-state index is 5.65. The van der Waals surface area contributed by atoms with Gasteiger partial charge in [0, 0.05) is 6.42 Å². The van der Waals surface area contributed by atoms with E-state index < -0.39 is 0 Å². The molecule has 0 saturated carbocycles. The second-order valence-electron chi connectivity index (χ2n) is 4.40. The first-order chi connectivity index (χ1) is 7.10. The van der Waals surface area contributed by atoms with E-state index in [2.05, 4.69) is 27.0 Å². The van der Waals surface area contributed by atoms with Crippen molar-refractivity contribution in [2.24, 2.45) is 5.92 Å². The zero-order valence-electron chi connectivity index (χ0n) is 10.6. The minimum absolute atomic E-state index is 0.687. The molecule has 0 radical (unpaired) electrons. The molecule has 0 saturated heterocycles. The van der Waals surface area contributed by atoms with Gasteiger partial charge in [0.15, 0.2) is 0 Å². The van der Waals surface area contributed by atoms with Crippen molar-refractivity contribution in [3.63, 3.8) is 0 Å². The van der Waals surface area contributed by atoms with E-state index >= 15 is 0 Å². The Bertz CT molecular complexity index is 194. The van der Waals surface area contributed by atoms with Gasteiger partial charge in [-0.05, 0) is 19.3 Å². The molecule has 1 heteroatoms. The van der Waals surface area contributed by atoms with Crippen molar-refractivity contribution in [1.29, 1.82) is 0 Å². The van der Waals surface area contributed by atoms with Crippen LogP contribution < -0.4 is 0 Å². The molecule has 0 spiro atoms. The van der Waals surface area contributed by atoms with Crippen LogP contribution in [0.5, 0.6) is 0 Å². The Kier molecular flexibility index (Phi) is 8.17. The van der Waals surface area contributed by atoms with Gasteiger partial charge in [0.2, 0.25) is 0 Å². The van der Waals surface area contributed by atoms with Crippen LogP contribution in [0.3, 0.4) is 0 Å². The second-order valence-corrected chi connectivity index (χ2v) is 4.40. The summed E-state index contributed by atoms with van der Waals surface area (Å²) in [5.74, 6) is 1.55. The van der Waals surface area contributed by atoms with E-state index in [1.165, 1.54) is 25.7 Å². The minimum Gasteiger partial charge on any atom is -0.498 e. The van der Waals surface area contributed by atoms with Gasteiger partial charge in [0.25, 0.3) is 0 Å². The first-order valence-corrected chi connectivity index (χ1v) is 6.05. The molecule has 0 aliphatic heterocycles. The van der Waals surface area contributed by atoms with Crippen LogP contribution in [0.25, 0.3) is 0 Å². The second kappa shape index (κ2) is 8.58. The third-order valence-corrected chi connectivity index (χ3v) is 2.57. The topological polar surface area (TPSA) is 9.23 Å². The van der Waals surface area contributed by atoms with E-state index in [1.54, 1.807) is 0 Å². The molecule has 0 aromatic rings. The highest BCUT2D eigenvalue weighted by Gasteiger charge is 2.07. The summed E-state index contributed by atoms with van der Waals surface area (Å²) in [5.41, 5.74) is 1.11. The predicted molar refractivity (Wildman–Crippen MR) is 67.8 cm³/mol. The van der Waals surface area contributed by atoms with Crippen LogP contribution >= 0.6 is 0 Å². The molecule has 1 atom stereocenters. The molecule has 1 unspecified atom stereocenters. The fourth-order valence-corrected chi connectivity index (χ4v) is 1.52. The largest absolute Gasteiger partial charge is 0.498 e. The predicted octanol–water partition coefficient (Wildman–Crippen LogP) is 4.70. The zero-order chi connectivity index (χ0) is 11.7. The number of hydrogen-bond donors (Lipinski definition) is 0. The van der Waals surface area contributed by atoms with Crippen molar-refractivity contribution < 1.29 is 4.74 Å². The van der Waals surface area contributed by atoms with E-state index in [-0.39, 0.29) is 0 Å². The maximum Gasteiger partial charge on any atom is 0.0928 e. The summed E-state index contributed by atoms with van der Waals surface area (Å²) in [6.07, 6.45) is 5.83. The summed E-state index contributed by atoms with van der Waals surface area (Å²) in [5, 5.41) is 0. The Balaban J connectivity index is 3.69. The molecule has 15 heavy (non-hydrogen) atoms. The molecule has 0 rings (SSSR count). The average Bonchev–Trinajstić information content (AvgIpc) is 2.17. The van der Waals surface area contributed by atoms with Crippen LogP contribution in [0.15, 0.2) is 24.5 Å². The fraction of sp³-hybridized carbons (Fsp3) is 0.714. The molecule has 0 heterocycles. The van der Waals surface area contributed by atoms with Crippen molar-refractivity contribution in [2.75, 3.05) is 6.61 Å². The SMILES string of the molecule is C=C(C)CC(=C)OCC(CC)CCCC. The molecule has 0 aliphatic carbocycles. The Morgan fingerprint density at radius 2 is 1.93 bits per heavy atom. The van der Waals surface area contributed by atoms with Crippen LogP contribution in [-0.4, -0.2) is 6.61 Å². The smallest absolute Gasteiger partial charge is 0.0928 e. The number of rotatable bonds is 9. The lowest BCUT2D eigenvalue weighted by molar-refractivity contribution is 0.153. The van der Waals surface area contributed by atoms with E-state index in [0.717, 1.165) is 24.4 Å². The Hall–Kier alpha value is -0.720. The molecular formula is C14H26O. The van der Waals surface area contributed by atoms with Crippen LogP contribution in [-0.2, 0) is 4.74 Å². The monoisotopic (exact) mass is 210 g/mol. The lowest BCUT2D eigenvalue weighted by atomic mass is 10.0. The lowest BCUT2D eigenvalue weighted by Gasteiger charge is -2.16. The number of hydrogen-bond acceptors (Lipinski definition) is 1. The number of unbranched alkanes of at least 4 members (excludes halogenated alkanes) is 1. The molecule has 0 aromatic carbocycles. The molecule has 0 fully saturated rings. The maximum atomic E-state index is 5.65. The van der Waals surface area contributed by atoms with Gasteiger partial charge in [-0.2, -0.15) is 0 Å². The summed E-state index contributed by atoms with van der Waals surface area (Å²) < 4.78 is 5.65. The summed E-state index contributed by atoms with van der Waals surface area (Å²) >= 11 is 0. The highest BCUT2D eigenvalue weighted by molar-refractivity contribution is 5.01. The minimum atomic E-state index is 0.687. The van der Waals surface area contributed by atoms with Gasteiger partial charge in [-0.1, -0.05) is 51.8 Å². The van der Waals surface area contributed by atoms with Gasteiger partial charge in [-0.15, -0.1) is 0 Å². The standard InChI is InChI=1S/C14H26O/c1-6-8-9-14(7-2)11-15-13(5)10-12(3)4/h14H,3,5-11H2,1-2,4H3. The van der Waals surface area contributed by atoms with Crippen LogP contribution in [0, 0.1) is 5.92 Å². The Labute approximate surface area is 95.2 Å². The third-order valence-electron chi connectivity index (χ3n) is 2.57. The van der Waals surface area contributed by atoms with Gasteiger partial charge >= 0.3 is 0 Å². The molecule has 88 valence electrons. The quantitative estimate of drug-likeness (QED) is 0.396. The zero-order valence-corrected chi connectivity index (χ0v) is 10.6. The Morgan fingerprint density at radius 3 is 2.40 bits per heavy atom. The molecule has 0 amide bonds. The highest BCUT2D eigenvalue weighted by Crippen LogP contribution is 2.16. The van der Waals surface area contributed by atoms with Crippen LogP contribution in [0.2, 0.25) is 0 Å². The van der Waals surface area contributed by atoms with Gasteiger partial charge in [-0.25, -0.2) is 0 Å². The first-order valence-electron chi connectivity index (χ1n) is 6.05. The van der Waals surface area contributed by atoms with E-state index in [1.807, 2.05) is 6.92 Å². The molecule has 0 N–H and O–H groups in total. The molecule has 0 aliphatic rings. The van der Waals surface area contributed by atoms with Crippen molar-refractivity contribution in [2.45, 2.75) is 52.9 Å². The number of allylic oxidation sites excluding steroid dienone is 1. The average molecular weight is 210 g/mol. The van der Waals surface area contributed by atoms with E-state index in [0.29, 0.717) is 5.92 Å². The van der Waals surface area contributed by atoms with Crippen LogP contribution in [0.4, 0.5) is 0 Å². The van der Waals surface area contributed by atoms with E-state index in [4.69, 9.17) is 4.74 Å². The molecule has 1 nitrogen and oxygen atoms in total. The van der Waals surface area contributed by atoms with Crippen molar-refractivity contribution in [3.05, 3.63) is 24.5 Å². The van der Waals surface area contributed by atoms with Crippen molar-refractivity contribution in [3.8, 4) is 0 Å². The lowest BCUT2D eigenvalue weighted by Crippen LogP contribution is -2.08. The normalized spacial score (nSPS) is 12.2. The third kappa shape index (κ3) is 8.29. The first kappa shape index (κ1) is 14.3. The molecule has 0 bridgehead atoms. The summed E-state index contributed by atoms with van der Waals surface area (Å²) in [4.78, 5) is 0.